The number of methoxy groups -OCH3 is 1. The van der Waals surface area contributed by atoms with Gasteiger partial charge >= 0.3 is 0 Å². The molecule has 3 aromatic carbocycles. The molecule has 0 aliphatic carbocycles. The highest BCUT2D eigenvalue weighted by molar-refractivity contribution is 5.95. The molecule has 0 unspecified atom stereocenters. The summed E-state index contributed by atoms with van der Waals surface area (Å²) in [4.78, 5) is 30.4. The van der Waals surface area contributed by atoms with Crippen LogP contribution in [0.15, 0.2) is 54.6 Å². The first-order chi connectivity index (χ1) is 20.7. The van der Waals surface area contributed by atoms with E-state index in [-0.39, 0.29) is 35.0 Å². The average Bonchev–Trinajstić information content (AvgIpc) is 3.46. The first-order valence-electron chi connectivity index (χ1n) is 14.2. The van der Waals surface area contributed by atoms with Gasteiger partial charge in [0.25, 0.3) is 11.8 Å². The first-order valence-corrected chi connectivity index (χ1v) is 14.2. The van der Waals surface area contributed by atoms with E-state index in [1.54, 1.807) is 48.9 Å². The first kappa shape index (κ1) is 29.4. The van der Waals surface area contributed by atoms with Gasteiger partial charge in [-0.3, -0.25) is 14.2 Å². The van der Waals surface area contributed by atoms with Crippen LogP contribution >= 0.6 is 0 Å². The predicted octanol–water partition coefficient (Wildman–Crippen LogP) is 3.99. The van der Waals surface area contributed by atoms with Crippen LogP contribution in [0.4, 0.5) is 5.69 Å². The van der Waals surface area contributed by atoms with E-state index in [0.29, 0.717) is 60.9 Å². The van der Waals surface area contributed by atoms with Gasteiger partial charge in [0.15, 0.2) is 5.82 Å². The molecule has 2 heterocycles. The summed E-state index contributed by atoms with van der Waals surface area (Å²) in [6.45, 7) is 8.54. The van der Waals surface area contributed by atoms with Crippen molar-refractivity contribution < 1.29 is 24.5 Å². The Morgan fingerprint density at radius 2 is 1.70 bits per heavy atom. The zero-order valence-electron chi connectivity index (χ0n) is 24.7. The maximum atomic E-state index is 13.4. The number of nitrogens with one attached hydrogen (secondary N) is 1. The Morgan fingerprint density at radius 3 is 2.35 bits per heavy atom. The van der Waals surface area contributed by atoms with Gasteiger partial charge in [0.1, 0.15) is 17.2 Å². The number of phenolic OH excluding ortho intramolecular Hbond substituents is 2. The number of aromatic nitrogens is 3. The van der Waals surface area contributed by atoms with E-state index in [9.17, 15) is 19.8 Å². The Bertz CT molecular complexity index is 1620. The molecular weight excluding hydrogens is 548 g/mol. The van der Waals surface area contributed by atoms with Gasteiger partial charge < -0.3 is 30.1 Å². The number of piperazine rings is 1. The van der Waals surface area contributed by atoms with Crippen LogP contribution in [0, 0.1) is 6.07 Å². The van der Waals surface area contributed by atoms with Crippen LogP contribution in [0.3, 0.4) is 0 Å². The molecule has 223 valence electrons. The zero-order chi connectivity index (χ0) is 30.7. The van der Waals surface area contributed by atoms with Gasteiger partial charge in [0, 0.05) is 67.9 Å². The number of ether oxygens (including phenoxy) is 1. The summed E-state index contributed by atoms with van der Waals surface area (Å²) in [7, 11) is 1.61. The predicted molar refractivity (Wildman–Crippen MR) is 162 cm³/mol. The highest BCUT2D eigenvalue weighted by Crippen LogP contribution is 2.38. The van der Waals surface area contributed by atoms with Gasteiger partial charge in [-0.1, -0.05) is 13.8 Å². The van der Waals surface area contributed by atoms with Crippen molar-refractivity contribution in [1.82, 2.24) is 25.0 Å². The molecule has 0 atom stereocenters. The molecule has 0 spiro atoms. The smallest absolute Gasteiger partial charge is 0.289 e. The van der Waals surface area contributed by atoms with Gasteiger partial charge in [0.05, 0.1) is 12.7 Å². The molecule has 3 N–H and O–H groups in total. The third kappa shape index (κ3) is 5.97. The Hall–Kier alpha value is -5.06. The van der Waals surface area contributed by atoms with E-state index in [1.807, 2.05) is 36.9 Å². The minimum absolute atomic E-state index is 0.0280. The molecule has 0 saturated carbocycles. The number of nitrogens with zero attached hydrogens (tertiary/aromatic N) is 5. The maximum Gasteiger partial charge on any atom is 0.289 e. The Labute approximate surface area is 250 Å². The standard InChI is InChI=1S/C32H35N6O5/c1-5-33-31(41)30-35-34-29(26-18-25(20(2)3)27(39)19-28(26)40)38(30)22-11-9-21(10-12-22)32(42)37-15-13-36(14-16-37)23-7-6-8-24(17-23)43-4/h6-7,9-12,17-20,39-40H,5,13-16H2,1-4H3,(H,33,41). The molecule has 0 bridgehead atoms. The van der Waals surface area contributed by atoms with Crippen molar-refractivity contribution >= 4 is 17.5 Å². The van der Waals surface area contributed by atoms with E-state index in [4.69, 9.17) is 4.74 Å². The summed E-state index contributed by atoms with van der Waals surface area (Å²) in [6, 6.07) is 18.6. The maximum absolute atomic E-state index is 13.4. The number of phenols is 2. The number of aromatic hydroxyl groups is 2. The van der Waals surface area contributed by atoms with Crippen LogP contribution in [-0.2, 0) is 0 Å². The number of hydrogen-bond acceptors (Lipinski definition) is 8. The quantitative estimate of drug-likeness (QED) is 0.284. The van der Waals surface area contributed by atoms with Crippen molar-refractivity contribution in [3.8, 4) is 34.3 Å². The van der Waals surface area contributed by atoms with Crippen LogP contribution in [0.2, 0.25) is 0 Å². The van der Waals surface area contributed by atoms with Gasteiger partial charge in [-0.2, -0.15) is 0 Å². The molecule has 4 aromatic rings. The number of carbonyl (C=O) groups is 2. The number of benzene rings is 3. The van der Waals surface area contributed by atoms with Crippen molar-refractivity contribution in [2.45, 2.75) is 26.7 Å². The Morgan fingerprint density at radius 1 is 0.977 bits per heavy atom. The van der Waals surface area contributed by atoms with Crippen molar-refractivity contribution in [1.29, 1.82) is 0 Å². The topological polar surface area (TPSA) is 133 Å². The highest BCUT2D eigenvalue weighted by Gasteiger charge is 2.26. The van der Waals surface area contributed by atoms with Crippen LogP contribution in [0.1, 0.15) is 53.2 Å². The lowest BCUT2D eigenvalue weighted by Crippen LogP contribution is -2.48. The third-order valence-electron chi connectivity index (χ3n) is 7.49. The number of rotatable bonds is 8. The third-order valence-corrected chi connectivity index (χ3v) is 7.49. The monoisotopic (exact) mass is 583 g/mol. The summed E-state index contributed by atoms with van der Waals surface area (Å²) in [5.41, 5.74) is 3.01. The number of amides is 2. The van der Waals surface area contributed by atoms with Gasteiger partial charge in [-0.05, 0) is 60.9 Å². The molecule has 11 heteroatoms. The van der Waals surface area contributed by atoms with Crippen LogP contribution in [0.5, 0.6) is 17.2 Å². The second kappa shape index (κ2) is 12.4. The summed E-state index contributed by atoms with van der Waals surface area (Å²) < 4.78 is 6.83. The molecule has 1 aromatic heterocycles. The van der Waals surface area contributed by atoms with Gasteiger partial charge in [0.2, 0.25) is 5.82 Å². The van der Waals surface area contributed by atoms with E-state index in [0.717, 1.165) is 5.69 Å². The average molecular weight is 584 g/mol. The second-order valence-corrected chi connectivity index (χ2v) is 10.6. The SMILES string of the molecule is CCNC(=O)c1nnc(-c2cc(C(C)C)c(O)cc2O)n1-c1ccc(C(=O)N2CCN(c3cc[c]c(OC)c3)CC2)cc1. The van der Waals surface area contributed by atoms with E-state index in [1.165, 1.54) is 6.07 Å². The molecule has 43 heavy (non-hydrogen) atoms. The molecular formula is C32H35N6O5. The molecule has 11 nitrogen and oxygen atoms in total. The van der Waals surface area contributed by atoms with Crippen LogP contribution in [0.25, 0.3) is 17.1 Å². The summed E-state index contributed by atoms with van der Waals surface area (Å²) in [6.07, 6.45) is 0. The van der Waals surface area contributed by atoms with E-state index in [2.05, 4.69) is 26.5 Å². The minimum atomic E-state index is -0.435. The Balaban J connectivity index is 1.41. The number of carbonyl (C=O) groups excluding carboxylic acids is 2. The molecule has 1 aliphatic rings. The fraction of sp³-hybridized carbons (Fsp3) is 0.312. The molecule has 1 saturated heterocycles. The van der Waals surface area contributed by atoms with Crippen molar-refractivity contribution in [3.05, 3.63) is 77.6 Å². The second-order valence-electron chi connectivity index (χ2n) is 10.6. The molecule has 1 radical (unpaired) electrons. The summed E-state index contributed by atoms with van der Waals surface area (Å²) in [5.74, 6) is 0.148. The minimum Gasteiger partial charge on any atom is -0.508 e. The molecule has 5 rings (SSSR count). The summed E-state index contributed by atoms with van der Waals surface area (Å²) in [5, 5.41) is 32.2. The number of hydrogen-bond donors (Lipinski definition) is 3. The van der Waals surface area contributed by atoms with Crippen molar-refractivity contribution in [2.75, 3.05) is 44.7 Å². The summed E-state index contributed by atoms with van der Waals surface area (Å²) >= 11 is 0. The zero-order valence-corrected chi connectivity index (χ0v) is 24.7. The Kier molecular flexibility index (Phi) is 8.51. The molecule has 2 amide bonds. The lowest BCUT2D eigenvalue weighted by molar-refractivity contribution is 0.0746. The highest BCUT2D eigenvalue weighted by atomic mass is 16.5. The largest absolute Gasteiger partial charge is 0.508 e. The van der Waals surface area contributed by atoms with Crippen molar-refractivity contribution in [2.24, 2.45) is 0 Å². The van der Waals surface area contributed by atoms with Crippen LogP contribution in [-0.4, -0.2) is 81.5 Å². The van der Waals surface area contributed by atoms with E-state index >= 15 is 0 Å². The lowest BCUT2D eigenvalue weighted by Gasteiger charge is -2.36. The van der Waals surface area contributed by atoms with Crippen molar-refractivity contribution in [3.63, 3.8) is 0 Å². The molecule has 1 aliphatic heterocycles. The normalized spacial score (nSPS) is 13.3. The molecule has 1 fully saturated rings. The number of anilines is 1. The fourth-order valence-corrected chi connectivity index (χ4v) is 5.18. The fourth-order valence-electron chi connectivity index (χ4n) is 5.18. The van der Waals surface area contributed by atoms with Gasteiger partial charge in [-0.15, -0.1) is 10.2 Å². The van der Waals surface area contributed by atoms with E-state index < -0.39 is 5.91 Å². The van der Waals surface area contributed by atoms with Crippen LogP contribution < -0.4 is 15.0 Å². The lowest BCUT2D eigenvalue weighted by atomic mass is 9.98. The van der Waals surface area contributed by atoms with Gasteiger partial charge in [-0.25, -0.2) is 0 Å².